The number of nitrogens with zero attached hydrogens (tertiary/aromatic N) is 2. The average molecular weight is 801 g/mol. The van der Waals surface area contributed by atoms with E-state index in [1.54, 1.807) is 0 Å². The van der Waals surface area contributed by atoms with Crippen molar-refractivity contribution in [1.82, 2.24) is 9.97 Å². The molecule has 11 aromatic rings. The summed E-state index contributed by atoms with van der Waals surface area (Å²) >= 11 is 0. The van der Waals surface area contributed by atoms with Crippen LogP contribution < -0.4 is 0 Å². The standard InChI is InChI=1S/C61H40N2/c1-5-17-41(18-6-1)42-29-31-45(32-30-42)58-40-57(44-20-7-2-8-21-44)62-60(63-58)53-37-36-49(51-27-15-16-28-52(51)53)46-33-35-54-56(39-46)61(47-22-9-3-10-23-47,48-24-11-4-12-25-48)55-38-34-43-19-13-14-26-50(43)59(54)55/h1-40H. The van der Waals surface area contributed by atoms with E-state index < -0.39 is 5.41 Å². The molecule has 0 atom stereocenters. The van der Waals surface area contributed by atoms with E-state index >= 15 is 0 Å². The van der Waals surface area contributed by atoms with Gasteiger partial charge in [0.1, 0.15) is 0 Å². The highest BCUT2D eigenvalue weighted by Gasteiger charge is 2.46. The predicted octanol–water partition coefficient (Wildman–Crippen LogP) is 15.5. The van der Waals surface area contributed by atoms with Crippen molar-refractivity contribution in [2.75, 3.05) is 0 Å². The molecule has 0 aliphatic heterocycles. The summed E-state index contributed by atoms with van der Waals surface area (Å²) in [5, 5.41) is 4.79. The Balaban J connectivity index is 1.05. The second-order valence-corrected chi connectivity index (χ2v) is 16.4. The number of aromatic nitrogens is 2. The van der Waals surface area contributed by atoms with Crippen LogP contribution in [0.5, 0.6) is 0 Å². The zero-order chi connectivity index (χ0) is 41.7. The molecule has 1 heterocycles. The van der Waals surface area contributed by atoms with E-state index in [1.807, 2.05) is 6.07 Å². The van der Waals surface area contributed by atoms with Gasteiger partial charge in [-0.3, -0.25) is 0 Å². The van der Waals surface area contributed by atoms with E-state index in [0.29, 0.717) is 5.82 Å². The fraction of sp³-hybridized carbons (Fsp3) is 0.0164. The van der Waals surface area contributed by atoms with Crippen LogP contribution in [-0.2, 0) is 5.41 Å². The topological polar surface area (TPSA) is 25.8 Å². The Morgan fingerprint density at radius 1 is 0.286 bits per heavy atom. The van der Waals surface area contributed by atoms with Gasteiger partial charge in [-0.2, -0.15) is 0 Å². The van der Waals surface area contributed by atoms with Crippen molar-refractivity contribution < 1.29 is 0 Å². The molecule has 0 unspecified atom stereocenters. The summed E-state index contributed by atoms with van der Waals surface area (Å²) in [5.74, 6) is 0.699. The highest BCUT2D eigenvalue weighted by Crippen LogP contribution is 2.58. The predicted molar refractivity (Wildman–Crippen MR) is 262 cm³/mol. The summed E-state index contributed by atoms with van der Waals surface area (Å²) in [7, 11) is 0. The van der Waals surface area contributed by atoms with Crippen LogP contribution >= 0.6 is 0 Å². The van der Waals surface area contributed by atoms with E-state index in [1.165, 1.54) is 66.4 Å². The first-order chi connectivity index (χ1) is 31.2. The molecular weight excluding hydrogens is 761 g/mol. The van der Waals surface area contributed by atoms with Gasteiger partial charge in [0.15, 0.2) is 5.82 Å². The second kappa shape index (κ2) is 15.1. The quantitative estimate of drug-likeness (QED) is 0.160. The Kier molecular flexibility index (Phi) is 8.76. The molecule has 2 heteroatoms. The molecular formula is C61H40N2. The minimum atomic E-state index is -0.523. The fourth-order valence-corrected chi connectivity index (χ4v) is 10.1. The first-order valence-corrected chi connectivity index (χ1v) is 21.6. The van der Waals surface area contributed by atoms with Crippen molar-refractivity contribution in [3.63, 3.8) is 0 Å². The van der Waals surface area contributed by atoms with Crippen LogP contribution in [0.25, 0.3) is 88.8 Å². The Morgan fingerprint density at radius 3 is 1.40 bits per heavy atom. The third-order valence-corrected chi connectivity index (χ3v) is 13.0. The maximum Gasteiger partial charge on any atom is 0.161 e. The van der Waals surface area contributed by atoms with Gasteiger partial charge in [0.25, 0.3) is 0 Å². The number of hydrogen-bond acceptors (Lipinski definition) is 2. The van der Waals surface area contributed by atoms with Gasteiger partial charge in [-0.1, -0.05) is 224 Å². The van der Waals surface area contributed by atoms with Crippen molar-refractivity contribution in [2.24, 2.45) is 0 Å². The van der Waals surface area contributed by atoms with Crippen LogP contribution in [0, 0.1) is 0 Å². The third-order valence-electron chi connectivity index (χ3n) is 13.0. The van der Waals surface area contributed by atoms with E-state index in [4.69, 9.17) is 9.97 Å². The molecule has 0 fully saturated rings. The lowest BCUT2D eigenvalue weighted by molar-refractivity contribution is 0.769. The van der Waals surface area contributed by atoms with Crippen molar-refractivity contribution in [1.29, 1.82) is 0 Å². The minimum Gasteiger partial charge on any atom is -0.228 e. The van der Waals surface area contributed by atoms with Crippen molar-refractivity contribution in [2.45, 2.75) is 5.41 Å². The molecule has 12 rings (SSSR count). The molecule has 0 N–H and O–H groups in total. The zero-order valence-corrected chi connectivity index (χ0v) is 34.5. The normalized spacial score (nSPS) is 12.6. The van der Waals surface area contributed by atoms with Crippen LogP contribution in [0.1, 0.15) is 22.3 Å². The molecule has 0 saturated carbocycles. The maximum atomic E-state index is 5.32. The van der Waals surface area contributed by atoms with Gasteiger partial charge in [-0.05, 0) is 95.4 Å². The highest BCUT2D eigenvalue weighted by atomic mass is 14.9. The lowest BCUT2D eigenvalue weighted by atomic mass is 9.67. The van der Waals surface area contributed by atoms with Gasteiger partial charge in [0.2, 0.25) is 0 Å². The number of hydrogen-bond donors (Lipinski definition) is 0. The SMILES string of the molecule is c1ccc(-c2ccc(-c3cc(-c4ccccc4)nc(-c4ccc(-c5ccc6c(c5)C(c5ccccc5)(c5ccccc5)c5ccc7ccccc7c5-6)c5ccccc45)n3)cc2)cc1. The van der Waals surface area contributed by atoms with Gasteiger partial charge in [-0.25, -0.2) is 9.97 Å². The summed E-state index contributed by atoms with van der Waals surface area (Å²) < 4.78 is 0. The lowest BCUT2D eigenvalue weighted by Crippen LogP contribution is -2.28. The summed E-state index contributed by atoms with van der Waals surface area (Å²) in [4.78, 5) is 10.6. The average Bonchev–Trinajstić information content (AvgIpc) is 3.68. The number of benzene rings is 10. The molecule has 10 aromatic carbocycles. The molecule has 1 aliphatic rings. The number of rotatable bonds is 7. The molecule has 0 radical (unpaired) electrons. The van der Waals surface area contributed by atoms with Crippen molar-refractivity contribution in [3.05, 3.63) is 265 Å². The molecule has 2 nitrogen and oxygen atoms in total. The van der Waals surface area contributed by atoms with Crippen molar-refractivity contribution in [3.8, 4) is 67.3 Å². The first kappa shape index (κ1) is 36.6. The Labute approximate surface area is 367 Å². The highest BCUT2D eigenvalue weighted by molar-refractivity contribution is 6.07. The Morgan fingerprint density at radius 2 is 0.746 bits per heavy atom. The number of fused-ring (bicyclic) bond motifs is 6. The van der Waals surface area contributed by atoms with Gasteiger partial charge >= 0.3 is 0 Å². The lowest BCUT2D eigenvalue weighted by Gasteiger charge is -2.34. The molecule has 294 valence electrons. The van der Waals surface area contributed by atoms with Gasteiger partial charge in [0, 0.05) is 16.7 Å². The fourth-order valence-electron chi connectivity index (χ4n) is 10.1. The second-order valence-electron chi connectivity index (χ2n) is 16.4. The van der Waals surface area contributed by atoms with E-state index in [-0.39, 0.29) is 0 Å². The molecule has 1 aromatic heterocycles. The largest absolute Gasteiger partial charge is 0.228 e. The Bertz CT molecular complexity index is 3430. The molecule has 0 saturated heterocycles. The van der Waals surface area contributed by atoms with Gasteiger partial charge in [-0.15, -0.1) is 0 Å². The van der Waals surface area contributed by atoms with Crippen LogP contribution in [0.3, 0.4) is 0 Å². The minimum absolute atomic E-state index is 0.523. The third kappa shape index (κ3) is 6.02. The summed E-state index contributed by atoms with van der Waals surface area (Å²) in [6.07, 6.45) is 0. The van der Waals surface area contributed by atoms with Crippen LogP contribution in [0.2, 0.25) is 0 Å². The van der Waals surface area contributed by atoms with Gasteiger partial charge in [0.05, 0.1) is 16.8 Å². The van der Waals surface area contributed by atoms with E-state index in [2.05, 4.69) is 237 Å². The van der Waals surface area contributed by atoms with E-state index in [9.17, 15) is 0 Å². The molecule has 0 amide bonds. The molecule has 1 aliphatic carbocycles. The van der Waals surface area contributed by atoms with Crippen LogP contribution in [0.15, 0.2) is 243 Å². The summed E-state index contributed by atoms with van der Waals surface area (Å²) in [6.45, 7) is 0. The Hall–Kier alpha value is -8.20. The molecule has 0 spiro atoms. The summed E-state index contributed by atoms with van der Waals surface area (Å²) in [6, 6.07) is 87.7. The summed E-state index contributed by atoms with van der Waals surface area (Å²) in [5.41, 5.74) is 16.7. The first-order valence-electron chi connectivity index (χ1n) is 21.6. The van der Waals surface area contributed by atoms with Crippen LogP contribution in [0.4, 0.5) is 0 Å². The molecule has 0 bridgehead atoms. The monoisotopic (exact) mass is 800 g/mol. The van der Waals surface area contributed by atoms with Crippen LogP contribution in [-0.4, -0.2) is 9.97 Å². The smallest absolute Gasteiger partial charge is 0.161 e. The maximum absolute atomic E-state index is 5.32. The van der Waals surface area contributed by atoms with Gasteiger partial charge < -0.3 is 0 Å². The van der Waals surface area contributed by atoms with Crippen molar-refractivity contribution >= 4 is 21.5 Å². The van der Waals surface area contributed by atoms with E-state index in [0.717, 1.165) is 38.9 Å². The zero-order valence-electron chi connectivity index (χ0n) is 34.5. The molecule has 63 heavy (non-hydrogen) atoms.